The number of fused-ring (bicyclic) bond motifs is 1. The maximum absolute atomic E-state index is 13.9. The summed E-state index contributed by atoms with van der Waals surface area (Å²) in [5.41, 5.74) is 11.9. The van der Waals surface area contributed by atoms with E-state index in [-0.39, 0.29) is 11.4 Å². The minimum absolute atomic E-state index is 0.0430. The van der Waals surface area contributed by atoms with E-state index in [4.69, 9.17) is 5.73 Å². The predicted octanol–water partition coefficient (Wildman–Crippen LogP) is 4.79. The molecule has 25 heavy (non-hydrogen) atoms. The molecule has 1 saturated carbocycles. The minimum Gasteiger partial charge on any atom is -0.376 e. The summed E-state index contributed by atoms with van der Waals surface area (Å²) in [5, 5.41) is 3.76. The number of allylic oxidation sites excluding steroid dienone is 4. The summed E-state index contributed by atoms with van der Waals surface area (Å²) in [6.07, 6.45) is 10.8. The van der Waals surface area contributed by atoms with Crippen LogP contribution in [-0.4, -0.2) is 18.3 Å². The average Bonchev–Trinajstić information content (AvgIpc) is 3.09. The van der Waals surface area contributed by atoms with Crippen LogP contribution in [0.3, 0.4) is 0 Å². The van der Waals surface area contributed by atoms with Gasteiger partial charge in [0, 0.05) is 16.5 Å². The number of hydrogen-bond acceptors (Lipinski definition) is 3. The molecule has 132 valence electrons. The molecule has 0 saturated heterocycles. The molecule has 0 amide bonds. The van der Waals surface area contributed by atoms with Crippen LogP contribution >= 0.6 is 11.8 Å². The molecule has 0 heterocycles. The standard InChI is InChI=1S/C21H25FN2S/c1-13-19(16-4-3-5-17(16)20(13)25-2)21(9-10-21)24-15-6-7-18(22)14(12-15)8-11-23/h3,5-7,12,16,24H,4,8-11,23H2,1-2H3. The summed E-state index contributed by atoms with van der Waals surface area (Å²) in [4.78, 5) is 1.45. The van der Waals surface area contributed by atoms with E-state index in [9.17, 15) is 4.39 Å². The number of benzene rings is 1. The van der Waals surface area contributed by atoms with Gasteiger partial charge in [-0.25, -0.2) is 4.39 Å². The first kappa shape index (κ1) is 16.9. The van der Waals surface area contributed by atoms with Gasteiger partial charge in [-0.3, -0.25) is 0 Å². The molecule has 3 aliphatic carbocycles. The van der Waals surface area contributed by atoms with Crippen LogP contribution in [0.15, 0.2) is 52.0 Å². The summed E-state index contributed by atoms with van der Waals surface area (Å²) in [6.45, 7) is 2.74. The molecule has 1 aromatic rings. The normalized spacial score (nSPS) is 23.4. The molecule has 1 aromatic carbocycles. The summed E-state index contributed by atoms with van der Waals surface area (Å²) in [5.74, 6) is 0.368. The second kappa shape index (κ2) is 6.33. The lowest BCUT2D eigenvalue weighted by atomic mass is 9.88. The molecule has 1 fully saturated rings. The summed E-state index contributed by atoms with van der Waals surface area (Å²) in [6, 6.07) is 5.36. The highest BCUT2D eigenvalue weighted by Gasteiger charge is 2.52. The van der Waals surface area contributed by atoms with Gasteiger partial charge in [0.15, 0.2) is 0 Å². The Bertz CT molecular complexity index is 802. The number of halogens is 1. The Morgan fingerprint density at radius 2 is 2.16 bits per heavy atom. The Kier molecular flexibility index (Phi) is 4.28. The van der Waals surface area contributed by atoms with Gasteiger partial charge >= 0.3 is 0 Å². The highest BCUT2D eigenvalue weighted by molar-refractivity contribution is 8.02. The summed E-state index contributed by atoms with van der Waals surface area (Å²) >= 11 is 1.86. The van der Waals surface area contributed by atoms with Crippen LogP contribution in [0.25, 0.3) is 0 Å². The van der Waals surface area contributed by atoms with Crippen LogP contribution in [0.2, 0.25) is 0 Å². The van der Waals surface area contributed by atoms with Gasteiger partial charge in [0.1, 0.15) is 5.82 Å². The molecule has 1 unspecified atom stereocenters. The van der Waals surface area contributed by atoms with Crippen molar-refractivity contribution in [3.63, 3.8) is 0 Å². The van der Waals surface area contributed by atoms with Crippen molar-refractivity contribution in [3.05, 3.63) is 63.4 Å². The topological polar surface area (TPSA) is 38.0 Å². The van der Waals surface area contributed by atoms with Crippen molar-refractivity contribution in [2.24, 2.45) is 11.7 Å². The van der Waals surface area contributed by atoms with Crippen LogP contribution in [0.4, 0.5) is 10.1 Å². The van der Waals surface area contributed by atoms with E-state index in [1.54, 1.807) is 11.6 Å². The molecule has 2 nitrogen and oxygen atoms in total. The monoisotopic (exact) mass is 356 g/mol. The molecular weight excluding hydrogens is 331 g/mol. The molecule has 0 spiro atoms. The van der Waals surface area contributed by atoms with Crippen molar-refractivity contribution in [1.82, 2.24) is 0 Å². The number of thioether (sulfide) groups is 1. The Hall–Kier alpha value is -1.52. The molecule has 4 heteroatoms. The minimum atomic E-state index is -0.161. The van der Waals surface area contributed by atoms with Crippen molar-refractivity contribution in [1.29, 1.82) is 0 Å². The van der Waals surface area contributed by atoms with Crippen LogP contribution in [-0.2, 0) is 6.42 Å². The van der Waals surface area contributed by atoms with Crippen molar-refractivity contribution in [2.45, 2.75) is 38.1 Å². The summed E-state index contributed by atoms with van der Waals surface area (Å²) < 4.78 is 13.9. The fourth-order valence-electron chi connectivity index (χ4n) is 4.51. The number of hydrogen-bond donors (Lipinski definition) is 2. The second-order valence-electron chi connectivity index (χ2n) is 7.27. The third kappa shape index (κ3) is 2.76. The molecular formula is C21H25FN2S. The molecule has 0 aliphatic heterocycles. The van der Waals surface area contributed by atoms with E-state index in [1.165, 1.54) is 16.1 Å². The van der Waals surface area contributed by atoms with E-state index >= 15 is 0 Å². The lowest BCUT2D eigenvalue weighted by molar-refractivity contribution is 0.609. The van der Waals surface area contributed by atoms with Crippen molar-refractivity contribution >= 4 is 17.4 Å². The Morgan fingerprint density at radius 1 is 1.36 bits per heavy atom. The number of anilines is 1. The van der Waals surface area contributed by atoms with E-state index in [0.29, 0.717) is 24.4 Å². The predicted molar refractivity (Wildman–Crippen MR) is 105 cm³/mol. The van der Waals surface area contributed by atoms with Gasteiger partial charge in [-0.2, -0.15) is 0 Å². The first-order chi connectivity index (χ1) is 12.1. The van der Waals surface area contributed by atoms with E-state index in [2.05, 4.69) is 30.6 Å². The smallest absolute Gasteiger partial charge is 0.126 e. The van der Waals surface area contributed by atoms with Crippen molar-refractivity contribution in [3.8, 4) is 0 Å². The third-order valence-corrected chi connectivity index (χ3v) is 6.66. The van der Waals surface area contributed by atoms with Crippen LogP contribution in [0, 0.1) is 11.7 Å². The van der Waals surface area contributed by atoms with Crippen molar-refractivity contribution < 1.29 is 4.39 Å². The van der Waals surface area contributed by atoms with Gasteiger partial charge in [-0.1, -0.05) is 12.2 Å². The van der Waals surface area contributed by atoms with E-state index < -0.39 is 0 Å². The molecule has 3 aliphatic rings. The maximum atomic E-state index is 13.9. The molecule has 0 bridgehead atoms. The van der Waals surface area contributed by atoms with Crippen LogP contribution in [0.1, 0.15) is 31.7 Å². The molecule has 0 aromatic heterocycles. The fourth-order valence-corrected chi connectivity index (χ4v) is 5.37. The van der Waals surface area contributed by atoms with Gasteiger partial charge < -0.3 is 11.1 Å². The van der Waals surface area contributed by atoms with Gasteiger partial charge in [-0.15, -0.1) is 11.8 Å². The highest BCUT2D eigenvalue weighted by atomic mass is 32.2. The lowest BCUT2D eigenvalue weighted by Crippen LogP contribution is -2.28. The quantitative estimate of drug-likeness (QED) is 0.769. The summed E-state index contributed by atoms with van der Waals surface area (Å²) in [7, 11) is 0. The SMILES string of the molecule is CSC1=C2C=CCC2C(C2(Nc3ccc(F)c(CCN)c3)CC2)=C1C. The van der Waals surface area contributed by atoms with E-state index in [0.717, 1.165) is 24.9 Å². The average molecular weight is 357 g/mol. The number of rotatable bonds is 6. The van der Waals surface area contributed by atoms with Gasteiger partial charge in [0.2, 0.25) is 0 Å². The first-order valence-corrected chi connectivity index (χ1v) is 10.2. The number of nitrogens with two attached hydrogens (primary N) is 1. The third-order valence-electron chi connectivity index (χ3n) is 5.71. The lowest BCUT2D eigenvalue weighted by Gasteiger charge is -2.26. The first-order valence-electron chi connectivity index (χ1n) is 9.02. The van der Waals surface area contributed by atoms with Gasteiger partial charge in [-0.05, 0) is 85.9 Å². The second-order valence-corrected chi connectivity index (χ2v) is 8.09. The van der Waals surface area contributed by atoms with Gasteiger partial charge in [0.25, 0.3) is 0 Å². The van der Waals surface area contributed by atoms with Crippen LogP contribution in [0.5, 0.6) is 0 Å². The Morgan fingerprint density at radius 3 is 2.84 bits per heavy atom. The van der Waals surface area contributed by atoms with Crippen LogP contribution < -0.4 is 11.1 Å². The van der Waals surface area contributed by atoms with Crippen molar-refractivity contribution in [2.75, 3.05) is 18.1 Å². The molecule has 3 N–H and O–H groups in total. The number of nitrogens with one attached hydrogen (secondary N) is 1. The molecule has 1 atom stereocenters. The highest BCUT2D eigenvalue weighted by Crippen LogP contribution is 2.58. The fraction of sp³-hybridized carbons (Fsp3) is 0.429. The zero-order chi connectivity index (χ0) is 17.6. The Labute approximate surface area is 153 Å². The largest absolute Gasteiger partial charge is 0.376 e. The molecule has 4 rings (SSSR count). The Balaban J connectivity index is 1.64. The zero-order valence-electron chi connectivity index (χ0n) is 14.9. The molecule has 0 radical (unpaired) electrons. The van der Waals surface area contributed by atoms with Gasteiger partial charge in [0.05, 0.1) is 5.54 Å². The zero-order valence-corrected chi connectivity index (χ0v) is 15.7. The van der Waals surface area contributed by atoms with E-state index in [1.807, 2.05) is 23.9 Å². The maximum Gasteiger partial charge on any atom is 0.126 e.